The summed E-state index contributed by atoms with van der Waals surface area (Å²) in [4.78, 5) is 24.7. The molecule has 0 bridgehead atoms. The standard InChI is InChI=1S/C13H16N2O3/c16-12(17)9-11-13(18)14-7-4-8-15(11)10-5-2-1-3-6-10/h1-3,5-6,11H,4,7-9H2,(H,14,18)(H,16,17). The van der Waals surface area contributed by atoms with Crippen LogP contribution in [0.4, 0.5) is 5.69 Å². The lowest BCUT2D eigenvalue weighted by Crippen LogP contribution is -2.45. The Balaban J connectivity index is 2.27. The van der Waals surface area contributed by atoms with E-state index in [9.17, 15) is 9.59 Å². The summed E-state index contributed by atoms with van der Waals surface area (Å²) in [6, 6.07) is 8.83. The Labute approximate surface area is 105 Å². The van der Waals surface area contributed by atoms with Crippen molar-refractivity contribution < 1.29 is 14.7 Å². The number of hydrogen-bond donors (Lipinski definition) is 2. The highest BCUT2D eigenvalue weighted by molar-refractivity contribution is 5.89. The zero-order valence-electron chi connectivity index (χ0n) is 10.0. The maximum atomic E-state index is 11.9. The Morgan fingerprint density at radius 1 is 1.39 bits per heavy atom. The molecule has 1 atom stereocenters. The first kappa shape index (κ1) is 12.4. The van der Waals surface area contributed by atoms with Crippen LogP contribution in [0.3, 0.4) is 0 Å². The van der Waals surface area contributed by atoms with Gasteiger partial charge in [0.1, 0.15) is 6.04 Å². The van der Waals surface area contributed by atoms with Crippen LogP contribution in [0, 0.1) is 0 Å². The molecule has 2 rings (SSSR count). The Kier molecular flexibility index (Phi) is 3.82. The van der Waals surface area contributed by atoms with Gasteiger partial charge in [-0.05, 0) is 18.6 Å². The van der Waals surface area contributed by atoms with E-state index >= 15 is 0 Å². The fourth-order valence-corrected chi connectivity index (χ4v) is 2.17. The van der Waals surface area contributed by atoms with Crippen molar-refractivity contribution >= 4 is 17.6 Å². The van der Waals surface area contributed by atoms with Crippen LogP contribution in [0.1, 0.15) is 12.8 Å². The Bertz CT molecular complexity index is 433. The second kappa shape index (κ2) is 5.53. The predicted molar refractivity (Wildman–Crippen MR) is 67.5 cm³/mol. The van der Waals surface area contributed by atoms with Crippen molar-refractivity contribution in [2.75, 3.05) is 18.0 Å². The number of hydrogen-bond acceptors (Lipinski definition) is 3. The number of nitrogens with one attached hydrogen (secondary N) is 1. The first-order valence-electron chi connectivity index (χ1n) is 5.99. The zero-order chi connectivity index (χ0) is 13.0. The van der Waals surface area contributed by atoms with Gasteiger partial charge >= 0.3 is 5.97 Å². The number of carbonyl (C=O) groups excluding carboxylic acids is 1. The molecule has 0 aliphatic carbocycles. The number of rotatable bonds is 3. The third-order valence-electron chi connectivity index (χ3n) is 3.01. The fraction of sp³-hybridized carbons (Fsp3) is 0.385. The summed E-state index contributed by atoms with van der Waals surface area (Å²) in [7, 11) is 0. The summed E-state index contributed by atoms with van der Waals surface area (Å²) < 4.78 is 0. The third kappa shape index (κ3) is 2.80. The molecule has 96 valence electrons. The van der Waals surface area contributed by atoms with E-state index in [1.54, 1.807) is 0 Å². The SMILES string of the molecule is O=C(O)CC1C(=O)NCCCN1c1ccccc1. The number of anilines is 1. The van der Waals surface area contributed by atoms with Gasteiger partial charge in [-0.15, -0.1) is 0 Å². The van der Waals surface area contributed by atoms with Crippen LogP contribution in [0.25, 0.3) is 0 Å². The molecule has 1 aromatic rings. The van der Waals surface area contributed by atoms with Gasteiger partial charge in [0.25, 0.3) is 0 Å². The van der Waals surface area contributed by atoms with Crippen LogP contribution in [0.5, 0.6) is 0 Å². The summed E-state index contributed by atoms with van der Waals surface area (Å²) in [6.45, 7) is 1.28. The summed E-state index contributed by atoms with van der Waals surface area (Å²) in [5.74, 6) is -1.17. The number of carboxylic acids is 1. The van der Waals surface area contributed by atoms with E-state index in [1.165, 1.54) is 0 Å². The molecule has 1 amide bonds. The zero-order valence-corrected chi connectivity index (χ0v) is 10.0. The quantitative estimate of drug-likeness (QED) is 0.832. The summed E-state index contributed by atoms with van der Waals surface area (Å²) >= 11 is 0. The second-order valence-corrected chi connectivity index (χ2v) is 4.29. The highest BCUT2D eigenvalue weighted by atomic mass is 16.4. The Morgan fingerprint density at radius 3 is 2.78 bits per heavy atom. The van der Waals surface area contributed by atoms with Gasteiger partial charge in [0.2, 0.25) is 5.91 Å². The van der Waals surface area contributed by atoms with Crippen molar-refractivity contribution in [3.8, 4) is 0 Å². The largest absolute Gasteiger partial charge is 0.481 e. The molecular formula is C13H16N2O3. The molecular weight excluding hydrogens is 232 g/mol. The van der Waals surface area contributed by atoms with Crippen LogP contribution >= 0.6 is 0 Å². The van der Waals surface area contributed by atoms with Crippen LogP contribution in [0.2, 0.25) is 0 Å². The van der Waals surface area contributed by atoms with E-state index in [0.29, 0.717) is 13.1 Å². The van der Waals surface area contributed by atoms with Gasteiger partial charge in [0.15, 0.2) is 0 Å². The highest BCUT2D eigenvalue weighted by Crippen LogP contribution is 2.20. The summed E-state index contributed by atoms with van der Waals surface area (Å²) in [5, 5.41) is 11.7. The van der Waals surface area contributed by atoms with Gasteiger partial charge in [-0.1, -0.05) is 18.2 Å². The number of amides is 1. The summed E-state index contributed by atoms with van der Waals surface area (Å²) in [5.41, 5.74) is 0.890. The number of carbonyl (C=O) groups is 2. The third-order valence-corrected chi connectivity index (χ3v) is 3.01. The molecule has 1 aromatic carbocycles. The van der Waals surface area contributed by atoms with Crippen molar-refractivity contribution in [3.05, 3.63) is 30.3 Å². The first-order valence-corrected chi connectivity index (χ1v) is 5.99. The van der Waals surface area contributed by atoms with Gasteiger partial charge < -0.3 is 15.3 Å². The molecule has 1 aliphatic heterocycles. The molecule has 0 radical (unpaired) electrons. The van der Waals surface area contributed by atoms with Gasteiger partial charge in [-0.3, -0.25) is 9.59 Å². The number of aliphatic carboxylic acids is 1. The fourth-order valence-electron chi connectivity index (χ4n) is 2.17. The molecule has 1 heterocycles. The average Bonchev–Trinajstić information content (AvgIpc) is 2.53. The highest BCUT2D eigenvalue weighted by Gasteiger charge is 2.30. The first-order chi connectivity index (χ1) is 8.68. The van der Waals surface area contributed by atoms with Crippen LogP contribution < -0.4 is 10.2 Å². The van der Waals surface area contributed by atoms with Crippen molar-refractivity contribution in [1.29, 1.82) is 0 Å². The minimum absolute atomic E-state index is 0.180. The number of para-hydroxylation sites is 1. The lowest BCUT2D eigenvalue weighted by Gasteiger charge is -2.29. The van der Waals surface area contributed by atoms with Gasteiger partial charge in [0, 0.05) is 18.8 Å². The molecule has 2 N–H and O–H groups in total. The van der Waals surface area contributed by atoms with E-state index in [-0.39, 0.29) is 12.3 Å². The van der Waals surface area contributed by atoms with E-state index in [1.807, 2.05) is 35.2 Å². The average molecular weight is 248 g/mol. The molecule has 0 saturated carbocycles. The van der Waals surface area contributed by atoms with E-state index in [0.717, 1.165) is 12.1 Å². The van der Waals surface area contributed by atoms with Crippen LogP contribution in [0.15, 0.2) is 30.3 Å². The molecule has 1 unspecified atom stereocenters. The molecule has 0 aromatic heterocycles. The Morgan fingerprint density at radius 2 is 2.11 bits per heavy atom. The van der Waals surface area contributed by atoms with Crippen molar-refractivity contribution in [3.63, 3.8) is 0 Å². The molecule has 1 aliphatic rings. The van der Waals surface area contributed by atoms with Crippen molar-refractivity contribution in [1.82, 2.24) is 5.32 Å². The molecule has 5 nitrogen and oxygen atoms in total. The lowest BCUT2D eigenvalue weighted by atomic mass is 10.1. The van der Waals surface area contributed by atoms with E-state index in [2.05, 4.69) is 5.32 Å². The van der Waals surface area contributed by atoms with Crippen LogP contribution in [-0.4, -0.2) is 36.1 Å². The normalized spacial score (nSPS) is 20.1. The molecule has 5 heteroatoms. The number of benzene rings is 1. The maximum absolute atomic E-state index is 11.9. The molecule has 18 heavy (non-hydrogen) atoms. The van der Waals surface area contributed by atoms with Crippen LogP contribution in [-0.2, 0) is 9.59 Å². The monoisotopic (exact) mass is 248 g/mol. The van der Waals surface area contributed by atoms with Crippen molar-refractivity contribution in [2.45, 2.75) is 18.9 Å². The minimum atomic E-state index is -0.960. The van der Waals surface area contributed by atoms with Gasteiger partial charge in [0.05, 0.1) is 6.42 Å². The number of nitrogens with zero attached hydrogens (tertiary/aromatic N) is 1. The van der Waals surface area contributed by atoms with E-state index < -0.39 is 12.0 Å². The van der Waals surface area contributed by atoms with E-state index in [4.69, 9.17) is 5.11 Å². The lowest BCUT2D eigenvalue weighted by molar-refractivity contribution is -0.139. The number of carboxylic acid groups (broad SMARTS) is 1. The Hall–Kier alpha value is -2.04. The minimum Gasteiger partial charge on any atom is -0.481 e. The molecule has 1 fully saturated rings. The second-order valence-electron chi connectivity index (χ2n) is 4.29. The maximum Gasteiger partial charge on any atom is 0.305 e. The predicted octanol–water partition coefficient (Wildman–Crippen LogP) is 0.856. The smallest absolute Gasteiger partial charge is 0.305 e. The van der Waals surface area contributed by atoms with Crippen molar-refractivity contribution in [2.24, 2.45) is 0 Å². The van der Waals surface area contributed by atoms with Gasteiger partial charge in [-0.25, -0.2) is 0 Å². The summed E-state index contributed by atoms with van der Waals surface area (Å²) in [6.07, 6.45) is 0.636. The molecule has 1 saturated heterocycles. The van der Waals surface area contributed by atoms with Gasteiger partial charge in [-0.2, -0.15) is 0 Å². The topological polar surface area (TPSA) is 69.6 Å². The molecule has 0 spiro atoms.